The van der Waals surface area contributed by atoms with Crippen molar-refractivity contribution < 1.29 is 19.4 Å². The van der Waals surface area contributed by atoms with E-state index in [2.05, 4.69) is 0 Å². The van der Waals surface area contributed by atoms with Gasteiger partial charge in [0.05, 0.1) is 29.4 Å². The van der Waals surface area contributed by atoms with Gasteiger partial charge in [0, 0.05) is 50.4 Å². The fourth-order valence-corrected chi connectivity index (χ4v) is 5.01. The lowest BCUT2D eigenvalue weighted by Crippen LogP contribution is -2.42. The average Bonchev–Trinajstić information content (AvgIpc) is 3.19. The average molecular weight is 510 g/mol. The van der Waals surface area contributed by atoms with Gasteiger partial charge in [-0.25, -0.2) is 9.78 Å². The Morgan fingerprint density at radius 3 is 2.68 bits per heavy atom. The van der Waals surface area contributed by atoms with E-state index in [1.807, 2.05) is 23.6 Å². The molecule has 0 unspecified atom stereocenters. The number of hydrogen-bond donors (Lipinski definition) is 1. The summed E-state index contributed by atoms with van der Waals surface area (Å²) < 4.78 is 8.53. The number of likely N-dealkylation sites (N-methyl/N-ethyl adjacent to an activating group) is 1. The van der Waals surface area contributed by atoms with E-state index in [1.54, 1.807) is 48.7 Å². The Hall–Kier alpha value is -3.66. The molecule has 0 spiro atoms. The molecule has 198 valence electrons. The number of benzene rings is 1. The van der Waals surface area contributed by atoms with Crippen LogP contribution in [0.5, 0.6) is 0 Å². The molecule has 4 rings (SSSR count). The van der Waals surface area contributed by atoms with Crippen molar-refractivity contribution in [2.75, 3.05) is 25.6 Å². The Bertz CT molecular complexity index is 1370. The highest BCUT2D eigenvalue weighted by atomic mass is 16.5. The number of hydrogen-bond acceptors (Lipinski definition) is 6. The molecule has 0 saturated heterocycles. The Morgan fingerprint density at radius 1 is 1.24 bits per heavy atom. The second-order valence-electron chi connectivity index (χ2n) is 10.3. The van der Waals surface area contributed by atoms with Gasteiger partial charge in [-0.1, -0.05) is 6.07 Å². The van der Waals surface area contributed by atoms with E-state index < -0.39 is 11.7 Å². The molecule has 1 N–H and O–H groups in total. The Balaban J connectivity index is 1.77. The summed E-state index contributed by atoms with van der Waals surface area (Å²) >= 11 is 0. The molecule has 3 aromatic rings. The van der Waals surface area contributed by atoms with Crippen molar-refractivity contribution in [2.45, 2.75) is 64.8 Å². The van der Waals surface area contributed by atoms with E-state index in [0.717, 1.165) is 35.1 Å². The summed E-state index contributed by atoms with van der Waals surface area (Å²) in [5, 5.41) is 10.2. The zero-order valence-electron chi connectivity index (χ0n) is 22.1. The molecule has 1 aromatic carbocycles. The number of carbonyl (C=O) groups is 2. The number of anilines is 1. The highest BCUT2D eigenvalue weighted by molar-refractivity contribution is 5.95. The van der Waals surface area contributed by atoms with E-state index >= 15 is 0 Å². The molecule has 1 atom stereocenters. The second-order valence-corrected chi connectivity index (χ2v) is 10.3. The van der Waals surface area contributed by atoms with Crippen LogP contribution in [0.3, 0.4) is 0 Å². The number of imidazole rings is 1. The van der Waals surface area contributed by atoms with Crippen molar-refractivity contribution in [2.24, 2.45) is 0 Å². The number of methoxy groups -OCH3 is 1. The molecule has 0 aliphatic carbocycles. The van der Waals surface area contributed by atoms with Crippen molar-refractivity contribution in [3.63, 3.8) is 0 Å². The van der Waals surface area contributed by atoms with Crippen LogP contribution in [0.25, 0.3) is 11.0 Å². The van der Waals surface area contributed by atoms with Gasteiger partial charge in [0.25, 0.3) is 5.56 Å². The normalized spacial score (nSPS) is 15.5. The molecule has 3 heterocycles. The number of fused-ring (bicyclic) bond motifs is 3. The van der Waals surface area contributed by atoms with Crippen LogP contribution < -0.4 is 10.5 Å². The first-order chi connectivity index (χ1) is 17.5. The topological polar surface area (TPSA) is 110 Å². The first kappa shape index (κ1) is 26.4. The first-order valence-corrected chi connectivity index (χ1v) is 12.5. The quantitative estimate of drug-likeness (QED) is 0.524. The third-order valence-corrected chi connectivity index (χ3v) is 6.78. The zero-order valence-corrected chi connectivity index (χ0v) is 22.1. The van der Waals surface area contributed by atoms with Crippen LogP contribution in [0, 0.1) is 0 Å². The molecule has 1 aliphatic heterocycles. The fourth-order valence-electron chi connectivity index (χ4n) is 5.01. The van der Waals surface area contributed by atoms with E-state index in [9.17, 15) is 19.5 Å². The molecule has 10 nitrogen and oxygen atoms in total. The highest BCUT2D eigenvalue weighted by Crippen LogP contribution is 2.36. The maximum Gasteiger partial charge on any atom is 0.414 e. The molecule has 1 aliphatic rings. The Kier molecular flexibility index (Phi) is 7.40. The lowest BCUT2D eigenvalue weighted by atomic mass is 9.96. The highest BCUT2D eigenvalue weighted by Gasteiger charge is 2.32. The van der Waals surface area contributed by atoms with Crippen LogP contribution in [-0.2, 0) is 35.5 Å². The largest absolute Gasteiger partial charge is 0.452 e. The lowest BCUT2D eigenvalue weighted by Gasteiger charge is -2.34. The van der Waals surface area contributed by atoms with Gasteiger partial charge in [0.1, 0.15) is 12.4 Å². The van der Waals surface area contributed by atoms with Crippen LogP contribution in [0.4, 0.5) is 10.5 Å². The molecule has 0 saturated carbocycles. The SMILES string of the molecule is COC(=O)N1c2ccc3c(nc(CCn4ccccc4=O)n3CC(=O)N(C)CC(C)(C)O)c2CC[C@@H]1C. The van der Waals surface area contributed by atoms with Crippen molar-refractivity contribution in [3.05, 3.63) is 58.3 Å². The number of ether oxygens (including phenoxy) is 1. The Labute approximate surface area is 216 Å². The standard InChI is InChI=1S/C27H35N5O5/c1-18-9-10-19-20(32(18)26(35)37-5)11-12-21-25(19)28-22(13-15-30-14-7-6-8-23(30)33)31(21)16-24(34)29(4)17-27(2,3)36/h6-8,11-12,14,18,36H,9-10,13,15-17H2,1-5H3/t18-/m0/s1. The minimum atomic E-state index is -1.02. The molecule has 10 heteroatoms. The summed E-state index contributed by atoms with van der Waals surface area (Å²) in [7, 11) is 3.04. The van der Waals surface area contributed by atoms with Crippen LogP contribution in [-0.4, -0.2) is 68.5 Å². The minimum Gasteiger partial charge on any atom is -0.452 e. The zero-order chi connectivity index (χ0) is 26.9. The number of amides is 2. The number of aliphatic hydroxyl groups is 1. The summed E-state index contributed by atoms with van der Waals surface area (Å²) in [6.07, 6.45) is 3.25. The maximum absolute atomic E-state index is 13.2. The van der Waals surface area contributed by atoms with Gasteiger partial charge >= 0.3 is 6.09 Å². The van der Waals surface area contributed by atoms with Crippen molar-refractivity contribution in [3.8, 4) is 0 Å². The lowest BCUT2D eigenvalue weighted by molar-refractivity contribution is -0.133. The van der Waals surface area contributed by atoms with Crippen LogP contribution in [0.15, 0.2) is 41.3 Å². The van der Waals surface area contributed by atoms with Crippen molar-refractivity contribution in [1.82, 2.24) is 19.0 Å². The van der Waals surface area contributed by atoms with Gasteiger partial charge in [-0.2, -0.15) is 0 Å². The third-order valence-electron chi connectivity index (χ3n) is 6.78. The Morgan fingerprint density at radius 2 is 2.00 bits per heavy atom. The molecule has 2 amide bonds. The fraction of sp³-hybridized carbons (Fsp3) is 0.481. The number of carbonyl (C=O) groups excluding carboxylic acids is 2. The summed E-state index contributed by atoms with van der Waals surface area (Å²) in [6.45, 7) is 5.94. The van der Waals surface area contributed by atoms with Crippen LogP contribution in [0.2, 0.25) is 0 Å². The summed E-state index contributed by atoms with van der Waals surface area (Å²) in [6, 6.07) is 8.78. The van der Waals surface area contributed by atoms with Gasteiger partial charge < -0.3 is 23.9 Å². The predicted octanol–water partition coefficient (Wildman–Crippen LogP) is 2.58. The minimum absolute atomic E-state index is 0.0130. The molecule has 2 aromatic heterocycles. The molecular weight excluding hydrogens is 474 g/mol. The van der Waals surface area contributed by atoms with Crippen LogP contribution in [0.1, 0.15) is 38.6 Å². The molecule has 0 radical (unpaired) electrons. The number of aromatic nitrogens is 3. The number of nitrogens with zero attached hydrogens (tertiary/aromatic N) is 5. The van der Waals surface area contributed by atoms with Crippen LogP contribution >= 0.6 is 0 Å². The van der Waals surface area contributed by atoms with E-state index in [-0.39, 0.29) is 30.6 Å². The van der Waals surface area contributed by atoms with Gasteiger partial charge in [0.2, 0.25) is 5.91 Å². The van der Waals surface area contributed by atoms with Gasteiger partial charge in [-0.3, -0.25) is 14.5 Å². The van der Waals surface area contributed by atoms with E-state index in [1.165, 1.54) is 18.1 Å². The second kappa shape index (κ2) is 10.4. The van der Waals surface area contributed by atoms with Gasteiger partial charge in [-0.15, -0.1) is 0 Å². The smallest absolute Gasteiger partial charge is 0.414 e. The first-order valence-electron chi connectivity index (χ1n) is 12.5. The van der Waals surface area contributed by atoms with Gasteiger partial charge in [-0.05, 0) is 51.8 Å². The molecule has 0 bridgehead atoms. The number of rotatable bonds is 7. The number of aryl methyl sites for hydroxylation is 3. The summed E-state index contributed by atoms with van der Waals surface area (Å²) in [5.41, 5.74) is 2.11. The summed E-state index contributed by atoms with van der Waals surface area (Å²) in [4.78, 5) is 46.1. The monoisotopic (exact) mass is 509 g/mol. The molecular formula is C27H35N5O5. The maximum atomic E-state index is 13.2. The third kappa shape index (κ3) is 5.53. The van der Waals surface area contributed by atoms with Crippen molar-refractivity contribution >= 4 is 28.7 Å². The van der Waals surface area contributed by atoms with E-state index in [0.29, 0.717) is 18.8 Å². The van der Waals surface area contributed by atoms with Gasteiger partial charge in [0.15, 0.2) is 0 Å². The number of pyridine rings is 1. The molecule has 0 fully saturated rings. The predicted molar refractivity (Wildman–Crippen MR) is 141 cm³/mol. The van der Waals surface area contributed by atoms with Crippen molar-refractivity contribution in [1.29, 1.82) is 0 Å². The van der Waals surface area contributed by atoms with E-state index in [4.69, 9.17) is 9.72 Å². The summed E-state index contributed by atoms with van der Waals surface area (Å²) in [5.74, 6) is 0.509. The molecule has 37 heavy (non-hydrogen) atoms.